The number of primary amides is 2. The van der Waals surface area contributed by atoms with Crippen molar-refractivity contribution in [2.75, 3.05) is 41.3 Å². The van der Waals surface area contributed by atoms with Crippen molar-refractivity contribution < 1.29 is 27.1 Å². The molecule has 0 unspecified atom stereocenters. The quantitative estimate of drug-likeness (QED) is 0.361. The Morgan fingerprint density at radius 3 is 1.00 bits per heavy atom. The average molecular weight is 415 g/mol. The van der Waals surface area contributed by atoms with E-state index in [0.29, 0.717) is 0 Å². The van der Waals surface area contributed by atoms with Crippen LogP contribution in [0.1, 0.15) is 26.7 Å². The topological polar surface area (TPSA) is 167 Å². The second-order valence-corrected chi connectivity index (χ2v) is 6.16. The maximum Gasteiger partial charge on any atom is 0.394 e. The number of nitrogens with zero attached hydrogens (tertiary/aromatic N) is 2. The van der Waals surface area contributed by atoms with Crippen LogP contribution in [0, 0.1) is 0 Å². The Balaban J connectivity index is -0.0000000749. The lowest BCUT2D eigenvalue weighted by Gasteiger charge is -2.03. The fourth-order valence-electron chi connectivity index (χ4n) is 0.894. The summed E-state index contributed by atoms with van der Waals surface area (Å²) in [6, 6.07) is 0. The molecular weight excluding hydrogens is 376 g/mol. The summed E-state index contributed by atoms with van der Waals surface area (Å²) < 4.78 is 31.6. The molecule has 164 valence electrons. The van der Waals surface area contributed by atoms with E-state index in [1.54, 1.807) is 0 Å². The van der Waals surface area contributed by atoms with Crippen molar-refractivity contribution in [3.05, 3.63) is 25.3 Å². The van der Waals surface area contributed by atoms with Gasteiger partial charge in [0.1, 0.15) is 0 Å². The van der Waals surface area contributed by atoms with Gasteiger partial charge in [-0.1, -0.05) is 27.0 Å². The lowest BCUT2D eigenvalue weighted by atomic mass is 10.5. The standard InChI is InChI=1S/2C5H13N.2C3H5NO.H2O4S/c2*1-4-5-6(2)3;2*1-2-3(4)5;1-5(2,3)4/h2*4-5H2,1-3H3;2*2H,1H2,(H2,4,5);(H2,1,2,3,4). The number of rotatable bonds is 6. The highest BCUT2D eigenvalue weighted by Gasteiger charge is 1.84. The molecule has 0 saturated carbocycles. The normalized spacial score (nSPS) is 8.96. The van der Waals surface area contributed by atoms with Gasteiger partial charge >= 0.3 is 10.4 Å². The first-order valence-corrected chi connectivity index (χ1v) is 9.31. The van der Waals surface area contributed by atoms with Crippen molar-refractivity contribution in [1.29, 1.82) is 0 Å². The minimum atomic E-state index is -4.67. The zero-order valence-electron chi connectivity index (χ0n) is 17.4. The van der Waals surface area contributed by atoms with Gasteiger partial charge in [-0.05, 0) is 66.3 Å². The molecule has 0 spiro atoms. The van der Waals surface area contributed by atoms with Gasteiger partial charge in [-0.3, -0.25) is 18.7 Å². The van der Waals surface area contributed by atoms with Gasteiger partial charge in [-0.15, -0.1) is 0 Å². The minimum Gasteiger partial charge on any atom is -0.366 e. The molecule has 0 rings (SSSR count). The second kappa shape index (κ2) is 26.4. The average Bonchev–Trinajstić information content (AvgIpc) is 2.47. The summed E-state index contributed by atoms with van der Waals surface area (Å²) in [7, 11) is 3.68. The summed E-state index contributed by atoms with van der Waals surface area (Å²) in [6.07, 6.45) is 4.62. The number of amides is 2. The fourth-order valence-corrected chi connectivity index (χ4v) is 0.894. The van der Waals surface area contributed by atoms with Crippen LogP contribution < -0.4 is 11.5 Å². The number of hydrogen-bond acceptors (Lipinski definition) is 6. The van der Waals surface area contributed by atoms with Crippen LogP contribution in [0.5, 0.6) is 0 Å². The fraction of sp³-hybridized carbons (Fsp3) is 0.625. The van der Waals surface area contributed by atoms with Crippen LogP contribution in [-0.4, -0.2) is 80.4 Å². The number of nitrogens with two attached hydrogens (primary N) is 2. The molecule has 0 aliphatic rings. The van der Waals surface area contributed by atoms with E-state index in [4.69, 9.17) is 17.5 Å². The summed E-state index contributed by atoms with van der Waals surface area (Å²) in [5.41, 5.74) is 9.07. The number of carbonyl (C=O) groups is 2. The van der Waals surface area contributed by atoms with Gasteiger partial charge in [-0.2, -0.15) is 8.42 Å². The first-order valence-electron chi connectivity index (χ1n) is 7.91. The Kier molecular flexibility index (Phi) is 35.4. The van der Waals surface area contributed by atoms with Crippen molar-refractivity contribution in [3.63, 3.8) is 0 Å². The van der Waals surface area contributed by atoms with E-state index >= 15 is 0 Å². The van der Waals surface area contributed by atoms with Gasteiger partial charge < -0.3 is 21.3 Å². The molecule has 6 N–H and O–H groups in total. The molecule has 0 fully saturated rings. The maximum atomic E-state index is 9.47. The number of hydrogen-bond donors (Lipinski definition) is 4. The summed E-state index contributed by atoms with van der Waals surface area (Å²) in [5, 5.41) is 0. The van der Waals surface area contributed by atoms with Crippen LogP contribution in [0.4, 0.5) is 0 Å². The predicted molar refractivity (Wildman–Crippen MR) is 111 cm³/mol. The predicted octanol–water partition coefficient (Wildman–Crippen LogP) is 0.579. The molecule has 0 radical (unpaired) electrons. The first kappa shape index (κ1) is 36.2. The van der Waals surface area contributed by atoms with E-state index in [-0.39, 0.29) is 0 Å². The molecule has 0 aliphatic carbocycles. The van der Waals surface area contributed by atoms with Gasteiger partial charge in [-0.25, -0.2) is 0 Å². The SMILES string of the molecule is C=CC(N)=O.C=CC(N)=O.CCCN(C)C.CCCN(C)C.O=S(=O)(O)O. The number of carbonyl (C=O) groups excluding carboxylic acids is 2. The Bertz CT molecular complexity index is 430. The first-order chi connectivity index (χ1) is 12.1. The van der Waals surface area contributed by atoms with Crippen LogP contribution in [0.2, 0.25) is 0 Å². The van der Waals surface area contributed by atoms with Crippen LogP contribution in [0.3, 0.4) is 0 Å². The molecule has 27 heavy (non-hydrogen) atoms. The van der Waals surface area contributed by atoms with E-state index in [2.05, 4.69) is 76.5 Å². The summed E-state index contributed by atoms with van der Waals surface area (Å²) >= 11 is 0. The van der Waals surface area contributed by atoms with Crippen molar-refractivity contribution >= 4 is 22.2 Å². The van der Waals surface area contributed by atoms with E-state index < -0.39 is 22.2 Å². The van der Waals surface area contributed by atoms with E-state index in [1.165, 1.54) is 25.9 Å². The molecule has 2 amide bonds. The molecule has 11 heteroatoms. The summed E-state index contributed by atoms with van der Waals surface area (Å²) in [6.45, 7) is 12.9. The van der Waals surface area contributed by atoms with Crippen LogP contribution >= 0.6 is 0 Å². The highest BCUT2D eigenvalue weighted by atomic mass is 32.3. The maximum absolute atomic E-state index is 9.47. The minimum absolute atomic E-state index is 0.481. The molecule has 0 bridgehead atoms. The highest BCUT2D eigenvalue weighted by molar-refractivity contribution is 7.79. The van der Waals surface area contributed by atoms with Crippen molar-refractivity contribution in [2.45, 2.75) is 26.7 Å². The third-order valence-corrected chi connectivity index (χ3v) is 1.74. The van der Waals surface area contributed by atoms with Gasteiger partial charge in [0.2, 0.25) is 11.8 Å². The molecular formula is C16H38N4O6S. The Hall–Kier alpha value is -1.79. The zero-order valence-corrected chi connectivity index (χ0v) is 18.2. The smallest absolute Gasteiger partial charge is 0.366 e. The third kappa shape index (κ3) is 177. The molecule has 0 aliphatic heterocycles. The molecule has 0 aromatic carbocycles. The van der Waals surface area contributed by atoms with Crippen molar-refractivity contribution in [3.8, 4) is 0 Å². The van der Waals surface area contributed by atoms with Gasteiger partial charge in [0.25, 0.3) is 0 Å². The summed E-state index contributed by atoms with van der Waals surface area (Å²) in [4.78, 5) is 23.3. The van der Waals surface area contributed by atoms with E-state index in [9.17, 15) is 9.59 Å². The Morgan fingerprint density at radius 2 is 1.00 bits per heavy atom. The zero-order chi connectivity index (χ0) is 23.1. The highest BCUT2D eigenvalue weighted by Crippen LogP contribution is 1.76. The molecule has 0 heterocycles. The van der Waals surface area contributed by atoms with Gasteiger partial charge in [0, 0.05) is 0 Å². The second-order valence-electron chi connectivity index (χ2n) is 5.27. The largest absolute Gasteiger partial charge is 0.394 e. The molecule has 10 nitrogen and oxygen atoms in total. The molecule has 0 atom stereocenters. The van der Waals surface area contributed by atoms with Crippen LogP contribution in [0.25, 0.3) is 0 Å². The lowest BCUT2D eigenvalue weighted by Crippen LogP contribution is -2.11. The Labute approximate surface area is 164 Å². The monoisotopic (exact) mass is 414 g/mol. The van der Waals surface area contributed by atoms with Crippen molar-refractivity contribution in [2.24, 2.45) is 11.5 Å². The van der Waals surface area contributed by atoms with Crippen molar-refractivity contribution in [1.82, 2.24) is 9.80 Å². The Morgan fingerprint density at radius 1 is 0.852 bits per heavy atom. The van der Waals surface area contributed by atoms with Gasteiger partial charge in [0.05, 0.1) is 0 Å². The van der Waals surface area contributed by atoms with Crippen LogP contribution in [-0.2, 0) is 20.0 Å². The molecule has 0 saturated heterocycles. The van der Waals surface area contributed by atoms with E-state index in [0.717, 1.165) is 12.2 Å². The summed E-state index contributed by atoms with van der Waals surface area (Å²) in [5.74, 6) is -0.963. The third-order valence-electron chi connectivity index (χ3n) is 1.74. The van der Waals surface area contributed by atoms with Gasteiger partial charge in [0.15, 0.2) is 0 Å². The lowest BCUT2D eigenvalue weighted by molar-refractivity contribution is -0.114. The molecule has 0 aromatic heterocycles. The molecule has 0 aromatic rings. The van der Waals surface area contributed by atoms with Crippen LogP contribution in [0.15, 0.2) is 25.3 Å². The van der Waals surface area contributed by atoms with E-state index in [1.807, 2.05) is 0 Å².